The fraction of sp³-hybridized carbons (Fsp3) is 0.385. The molecular formula is C26H26N4O6. The minimum Gasteiger partial charge on any atom is -0.454 e. The first kappa shape index (κ1) is 22.5. The van der Waals surface area contributed by atoms with E-state index < -0.39 is 35.2 Å². The van der Waals surface area contributed by atoms with Crippen LogP contribution in [0, 0.1) is 25.7 Å². The number of benzene rings is 2. The topological polar surface area (TPSA) is 140 Å². The average molecular weight is 491 g/mol. The van der Waals surface area contributed by atoms with E-state index in [0.29, 0.717) is 28.3 Å². The summed E-state index contributed by atoms with van der Waals surface area (Å²) in [7, 11) is 0. The molecule has 4 atom stereocenters. The van der Waals surface area contributed by atoms with Gasteiger partial charge in [-0.1, -0.05) is 18.2 Å². The van der Waals surface area contributed by atoms with Crippen LogP contribution in [0.3, 0.4) is 0 Å². The molecule has 4 aliphatic rings. The molecule has 36 heavy (non-hydrogen) atoms. The number of nitrogens with one attached hydrogen (secondary N) is 2. The van der Waals surface area contributed by atoms with Gasteiger partial charge in [-0.15, -0.1) is 0 Å². The SMILES string of the molecule is Cc1ccc2c(c1C)NC(=O)C21NC(CCC(N)=O)[C@H]2C(=O)N(Cc3ccc4c(c3)OCO4)C(=O)[C@H]21. The number of fused-ring (bicyclic) bond motifs is 5. The van der Waals surface area contributed by atoms with Crippen LogP contribution in [-0.2, 0) is 31.3 Å². The van der Waals surface area contributed by atoms with Crippen molar-refractivity contribution in [3.8, 4) is 11.5 Å². The molecule has 1 spiro atoms. The highest BCUT2D eigenvalue weighted by Gasteiger charge is 2.70. The van der Waals surface area contributed by atoms with E-state index in [1.165, 1.54) is 4.90 Å². The predicted molar refractivity (Wildman–Crippen MR) is 127 cm³/mol. The van der Waals surface area contributed by atoms with Crippen LogP contribution in [0.2, 0.25) is 0 Å². The van der Waals surface area contributed by atoms with Crippen LogP contribution >= 0.6 is 0 Å². The van der Waals surface area contributed by atoms with Gasteiger partial charge in [-0.05, 0) is 49.1 Å². The minimum atomic E-state index is -1.41. The van der Waals surface area contributed by atoms with Gasteiger partial charge in [0.1, 0.15) is 5.54 Å². The molecule has 2 aromatic carbocycles. The number of amides is 4. The summed E-state index contributed by atoms with van der Waals surface area (Å²) in [5.41, 5.74) is 7.93. The zero-order valence-corrected chi connectivity index (χ0v) is 19.9. The Kier molecular flexibility index (Phi) is 4.88. The largest absolute Gasteiger partial charge is 0.454 e. The van der Waals surface area contributed by atoms with Crippen molar-refractivity contribution in [1.82, 2.24) is 10.2 Å². The van der Waals surface area contributed by atoms with Crippen LogP contribution in [0.4, 0.5) is 5.69 Å². The number of primary amides is 1. The molecule has 0 aromatic heterocycles. The van der Waals surface area contributed by atoms with Gasteiger partial charge in [0.05, 0.1) is 18.4 Å². The van der Waals surface area contributed by atoms with E-state index in [-0.39, 0.29) is 38.0 Å². The van der Waals surface area contributed by atoms with Gasteiger partial charge < -0.3 is 20.5 Å². The summed E-state index contributed by atoms with van der Waals surface area (Å²) in [4.78, 5) is 54.1. The number of hydrogen-bond acceptors (Lipinski definition) is 7. The summed E-state index contributed by atoms with van der Waals surface area (Å²) in [5.74, 6) is -2.25. The third kappa shape index (κ3) is 3.00. The Morgan fingerprint density at radius 2 is 1.89 bits per heavy atom. The van der Waals surface area contributed by atoms with Crippen LogP contribution in [0.1, 0.15) is 35.1 Å². The molecule has 10 heteroatoms. The summed E-state index contributed by atoms with van der Waals surface area (Å²) in [6, 6.07) is 8.46. The third-order valence-electron chi connectivity index (χ3n) is 7.99. The van der Waals surface area contributed by atoms with E-state index in [1.54, 1.807) is 18.2 Å². The Bertz CT molecular complexity index is 1360. The van der Waals surface area contributed by atoms with Gasteiger partial charge in [0, 0.05) is 23.7 Å². The maximum absolute atomic E-state index is 13.9. The number of imide groups is 1. The molecule has 2 saturated heterocycles. The number of rotatable bonds is 5. The number of likely N-dealkylation sites (tertiary alicyclic amines) is 1. The second kappa shape index (κ2) is 7.79. The first-order chi connectivity index (χ1) is 17.2. The number of nitrogens with two attached hydrogens (primary N) is 1. The quantitative estimate of drug-likeness (QED) is 0.536. The normalized spacial score (nSPS) is 27.6. The summed E-state index contributed by atoms with van der Waals surface area (Å²) >= 11 is 0. The number of carbonyl (C=O) groups is 4. The molecular weight excluding hydrogens is 464 g/mol. The van der Waals surface area contributed by atoms with Crippen molar-refractivity contribution in [2.75, 3.05) is 12.1 Å². The van der Waals surface area contributed by atoms with E-state index >= 15 is 0 Å². The first-order valence-electron chi connectivity index (χ1n) is 11.9. The highest BCUT2D eigenvalue weighted by atomic mass is 16.7. The molecule has 2 fully saturated rings. The smallest absolute Gasteiger partial charge is 0.250 e. The number of nitrogens with zero attached hydrogens (tertiary/aromatic N) is 1. The Labute approximate surface area is 207 Å². The first-order valence-corrected chi connectivity index (χ1v) is 11.9. The van der Waals surface area contributed by atoms with Crippen LogP contribution in [0.15, 0.2) is 30.3 Å². The van der Waals surface area contributed by atoms with E-state index in [2.05, 4.69) is 10.6 Å². The second-order valence-electron chi connectivity index (χ2n) is 9.90. The van der Waals surface area contributed by atoms with Crippen molar-refractivity contribution in [3.63, 3.8) is 0 Å². The fourth-order valence-corrected chi connectivity index (χ4v) is 6.10. The highest BCUT2D eigenvalue weighted by Crippen LogP contribution is 2.54. The predicted octanol–water partition coefficient (Wildman–Crippen LogP) is 1.22. The summed E-state index contributed by atoms with van der Waals surface area (Å²) in [5, 5.41) is 6.29. The van der Waals surface area contributed by atoms with Gasteiger partial charge in [0.25, 0.3) is 0 Å². The maximum Gasteiger partial charge on any atom is 0.250 e. The van der Waals surface area contributed by atoms with Crippen molar-refractivity contribution in [3.05, 3.63) is 52.6 Å². The zero-order chi connectivity index (χ0) is 25.4. The van der Waals surface area contributed by atoms with E-state index in [9.17, 15) is 19.2 Å². The van der Waals surface area contributed by atoms with Crippen molar-refractivity contribution in [2.45, 2.75) is 44.8 Å². The van der Waals surface area contributed by atoms with Crippen molar-refractivity contribution in [2.24, 2.45) is 17.6 Å². The number of anilines is 1. The third-order valence-corrected chi connectivity index (χ3v) is 7.99. The molecule has 0 aliphatic carbocycles. The van der Waals surface area contributed by atoms with Crippen LogP contribution in [0.5, 0.6) is 11.5 Å². The van der Waals surface area contributed by atoms with Crippen LogP contribution < -0.4 is 25.8 Å². The Balaban J connectivity index is 1.41. The van der Waals surface area contributed by atoms with Crippen molar-refractivity contribution < 1.29 is 28.7 Å². The summed E-state index contributed by atoms with van der Waals surface area (Å²) < 4.78 is 10.8. The van der Waals surface area contributed by atoms with Crippen LogP contribution in [0.25, 0.3) is 0 Å². The minimum absolute atomic E-state index is 0.0298. The molecule has 0 bridgehead atoms. The molecule has 10 nitrogen and oxygen atoms in total. The number of hydrogen-bond donors (Lipinski definition) is 3. The molecule has 4 heterocycles. The molecule has 4 amide bonds. The van der Waals surface area contributed by atoms with Gasteiger partial charge in [-0.3, -0.25) is 29.4 Å². The van der Waals surface area contributed by atoms with Crippen molar-refractivity contribution in [1.29, 1.82) is 0 Å². The van der Waals surface area contributed by atoms with Gasteiger partial charge >= 0.3 is 0 Å². The lowest BCUT2D eigenvalue weighted by molar-refractivity contribution is -0.143. The zero-order valence-electron chi connectivity index (χ0n) is 19.9. The monoisotopic (exact) mass is 490 g/mol. The summed E-state index contributed by atoms with van der Waals surface area (Å²) in [6.07, 6.45) is 0.268. The molecule has 186 valence electrons. The lowest BCUT2D eigenvalue weighted by Crippen LogP contribution is -2.53. The molecule has 4 N–H and O–H groups in total. The lowest BCUT2D eigenvalue weighted by Gasteiger charge is -2.29. The average Bonchev–Trinajstić information content (AvgIpc) is 3.57. The standard InChI is InChI=1S/C26H26N4O6/c1-12-3-5-15-22(13(12)2)28-25(34)26(15)21-20(16(29-26)6-8-19(27)31)23(32)30(24(21)33)10-14-4-7-17-18(9-14)36-11-35-17/h3-5,7,9,16,20-21,29H,6,8,10-11H2,1-2H3,(H2,27,31)(H,28,34)/t16?,20-,21+,26?/m1/s1. The fourth-order valence-electron chi connectivity index (χ4n) is 6.10. The Hall–Kier alpha value is -3.92. The number of ether oxygens (including phenoxy) is 2. The maximum atomic E-state index is 13.9. The van der Waals surface area contributed by atoms with Crippen LogP contribution in [-0.4, -0.2) is 41.4 Å². The number of carbonyl (C=O) groups excluding carboxylic acids is 4. The molecule has 0 radical (unpaired) electrons. The number of aryl methyl sites for hydroxylation is 1. The molecule has 0 saturated carbocycles. The van der Waals surface area contributed by atoms with Gasteiger partial charge in [0.2, 0.25) is 30.4 Å². The second-order valence-corrected chi connectivity index (χ2v) is 9.90. The Morgan fingerprint density at radius 1 is 1.11 bits per heavy atom. The van der Waals surface area contributed by atoms with E-state index in [4.69, 9.17) is 15.2 Å². The van der Waals surface area contributed by atoms with E-state index in [0.717, 1.165) is 11.1 Å². The van der Waals surface area contributed by atoms with Crippen molar-refractivity contribution >= 4 is 29.3 Å². The van der Waals surface area contributed by atoms with Gasteiger partial charge in [-0.2, -0.15) is 0 Å². The van der Waals surface area contributed by atoms with Gasteiger partial charge in [0.15, 0.2) is 11.5 Å². The lowest BCUT2D eigenvalue weighted by atomic mass is 9.76. The van der Waals surface area contributed by atoms with E-state index in [1.807, 2.05) is 26.0 Å². The molecule has 4 aliphatic heterocycles. The summed E-state index contributed by atoms with van der Waals surface area (Å²) in [6.45, 7) is 4.03. The molecule has 2 unspecified atom stereocenters. The Morgan fingerprint density at radius 3 is 2.67 bits per heavy atom. The molecule has 6 rings (SSSR count). The van der Waals surface area contributed by atoms with Gasteiger partial charge in [-0.25, -0.2) is 0 Å². The highest BCUT2D eigenvalue weighted by molar-refractivity contribution is 6.15. The molecule has 2 aromatic rings.